The summed E-state index contributed by atoms with van der Waals surface area (Å²) in [5.41, 5.74) is 7.52. The van der Waals surface area contributed by atoms with Gasteiger partial charge in [-0.25, -0.2) is 10.4 Å². The molecule has 0 saturated carbocycles. The monoisotopic (exact) mass is 447 g/mol. The lowest BCUT2D eigenvalue weighted by molar-refractivity contribution is -0.135. The first-order valence-corrected chi connectivity index (χ1v) is 11.1. The second-order valence-corrected chi connectivity index (χ2v) is 9.51. The van der Waals surface area contributed by atoms with Crippen molar-refractivity contribution >= 4 is 23.7 Å². The summed E-state index contributed by atoms with van der Waals surface area (Å²) in [5.74, 6) is 5.38. The number of aliphatic hydroxyl groups excluding tert-OH is 1. The van der Waals surface area contributed by atoms with E-state index in [9.17, 15) is 14.7 Å². The summed E-state index contributed by atoms with van der Waals surface area (Å²) in [6.45, 7) is 9.51. The summed E-state index contributed by atoms with van der Waals surface area (Å²) < 4.78 is 0. The number of hydrogen-bond donors (Lipinski definition) is 4. The quantitative estimate of drug-likeness (QED) is 0.305. The van der Waals surface area contributed by atoms with Gasteiger partial charge < -0.3 is 15.3 Å². The summed E-state index contributed by atoms with van der Waals surface area (Å²) in [7, 11) is 0. The molecule has 8 nitrogen and oxygen atoms in total. The summed E-state index contributed by atoms with van der Waals surface area (Å²) >= 11 is 1.64. The predicted octanol–water partition coefficient (Wildman–Crippen LogP) is 1.82. The van der Waals surface area contributed by atoms with Crippen molar-refractivity contribution < 1.29 is 14.7 Å². The lowest BCUT2D eigenvalue weighted by Gasteiger charge is -2.32. The molecule has 2 unspecified atom stereocenters. The Labute approximate surface area is 187 Å². The summed E-state index contributed by atoms with van der Waals surface area (Å²) in [6.07, 6.45) is 0.987. The number of nitrogens with zero attached hydrogens (tertiary/aromatic N) is 2. The molecule has 2 amide bonds. The van der Waals surface area contributed by atoms with Gasteiger partial charge in [0, 0.05) is 19.6 Å². The number of carbonyl (C=O) groups excluding carboxylic acids is 2. The van der Waals surface area contributed by atoms with Crippen molar-refractivity contribution in [3.05, 3.63) is 41.0 Å². The number of hydrogen-bond acceptors (Lipinski definition) is 7. The maximum Gasteiger partial charge on any atom is 0.241 e. The molecular formula is C22H33N5O3S. The standard InChI is InChI=1S/C12H12N2OS.C10H21N3O2/c1-9-12(16-8-14-9)11-4-2-10(3-5-11)6-13-7-15;1-10(2,3)8(12-11)9(15)13-5-4-7(14)6-13/h2-5,7-8H,6H2,1H3,(H,13,15);7-8,12,14H,4-6,11H2,1-3H3. The van der Waals surface area contributed by atoms with Crippen molar-refractivity contribution in [3.8, 4) is 10.4 Å². The number of β-amino-alcohol motifs (C(OH)–C–C–N with tert-alkyl or cyclic N) is 1. The van der Waals surface area contributed by atoms with Gasteiger partial charge in [0.2, 0.25) is 12.3 Å². The van der Waals surface area contributed by atoms with Crippen LogP contribution in [-0.2, 0) is 16.1 Å². The fourth-order valence-electron chi connectivity index (χ4n) is 3.33. The van der Waals surface area contributed by atoms with Crippen LogP contribution in [0.4, 0.5) is 0 Å². The third-order valence-electron chi connectivity index (χ3n) is 5.11. The van der Waals surface area contributed by atoms with Gasteiger partial charge in [-0.15, -0.1) is 11.3 Å². The third-order valence-corrected chi connectivity index (χ3v) is 6.08. The van der Waals surface area contributed by atoms with Crippen LogP contribution < -0.4 is 16.6 Å². The zero-order chi connectivity index (χ0) is 23.0. The van der Waals surface area contributed by atoms with Gasteiger partial charge in [-0.1, -0.05) is 45.0 Å². The average molecular weight is 448 g/mol. The Morgan fingerprint density at radius 1 is 1.39 bits per heavy atom. The number of hydrazine groups is 1. The van der Waals surface area contributed by atoms with Gasteiger partial charge >= 0.3 is 0 Å². The normalized spacial score (nSPS) is 17.0. The van der Waals surface area contributed by atoms with Crippen LogP contribution in [0, 0.1) is 12.3 Å². The van der Waals surface area contributed by atoms with Crippen molar-refractivity contribution in [1.82, 2.24) is 20.6 Å². The Kier molecular flexibility index (Phi) is 9.12. The molecule has 0 spiro atoms. The number of aliphatic hydroxyl groups is 1. The number of nitrogens with one attached hydrogen (secondary N) is 2. The maximum absolute atomic E-state index is 12.0. The highest BCUT2D eigenvalue weighted by Crippen LogP contribution is 2.27. The number of thiazole rings is 1. The second-order valence-electron chi connectivity index (χ2n) is 8.66. The van der Waals surface area contributed by atoms with E-state index in [0.29, 0.717) is 32.5 Å². The van der Waals surface area contributed by atoms with Gasteiger partial charge in [0.1, 0.15) is 6.04 Å². The van der Waals surface area contributed by atoms with Crippen molar-refractivity contribution in [2.75, 3.05) is 13.1 Å². The number of amides is 2. The first-order valence-electron chi connectivity index (χ1n) is 10.3. The molecule has 170 valence electrons. The molecule has 1 saturated heterocycles. The van der Waals surface area contributed by atoms with E-state index in [-0.39, 0.29) is 17.4 Å². The third kappa shape index (κ3) is 7.10. The Bertz CT molecular complexity index is 848. The van der Waals surface area contributed by atoms with Gasteiger partial charge in [0.25, 0.3) is 0 Å². The molecule has 9 heteroatoms. The molecule has 0 bridgehead atoms. The summed E-state index contributed by atoms with van der Waals surface area (Å²) in [5, 5.41) is 12.0. The van der Waals surface area contributed by atoms with E-state index in [4.69, 9.17) is 5.84 Å². The van der Waals surface area contributed by atoms with E-state index in [1.807, 2.05) is 45.3 Å². The van der Waals surface area contributed by atoms with Crippen molar-refractivity contribution in [2.24, 2.45) is 11.3 Å². The maximum atomic E-state index is 12.0. The zero-order valence-electron chi connectivity index (χ0n) is 18.6. The van der Waals surface area contributed by atoms with Gasteiger partial charge in [-0.05, 0) is 29.9 Å². The molecule has 0 aliphatic carbocycles. The fourth-order valence-corrected chi connectivity index (χ4v) is 4.14. The second kappa shape index (κ2) is 11.3. The molecule has 5 N–H and O–H groups in total. The minimum Gasteiger partial charge on any atom is -0.391 e. The van der Waals surface area contributed by atoms with Crippen LogP contribution in [-0.4, -0.2) is 52.5 Å². The highest BCUT2D eigenvalue weighted by molar-refractivity contribution is 7.13. The SMILES string of the molecule is CC(C)(C)C(NN)C(=O)N1CCC(O)C1.Cc1ncsc1-c1ccc(CNC=O)cc1. The number of aryl methyl sites for hydroxylation is 1. The van der Waals surface area contributed by atoms with Crippen molar-refractivity contribution in [1.29, 1.82) is 0 Å². The lowest BCUT2D eigenvalue weighted by atomic mass is 9.86. The Hall–Kier alpha value is -2.33. The van der Waals surface area contributed by atoms with Crippen LogP contribution in [0.1, 0.15) is 38.4 Å². The van der Waals surface area contributed by atoms with Gasteiger partial charge in [0.05, 0.1) is 22.2 Å². The topological polar surface area (TPSA) is 121 Å². The largest absolute Gasteiger partial charge is 0.391 e. The number of rotatable bonds is 6. The molecule has 1 aromatic heterocycles. The van der Waals surface area contributed by atoms with Crippen LogP contribution in [0.5, 0.6) is 0 Å². The van der Waals surface area contributed by atoms with E-state index in [0.717, 1.165) is 11.3 Å². The summed E-state index contributed by atoms with van der Waals surface area (Å²) in [4.78, 5) is 29.3. The molecule has 3 rings (SSSR count). The van der Waals surface area contributed by atoms with Crippen LogP contribution in [0.3, 0.4) is 0 Å². The average Bonchev–Trinajstić information content (AvgIpc) is 3.35. The molecule has 1 aliphatic heterocycles. The number of benzene rings is 1. The highest BCUT2D eigenvalue weighted by atomic mass is 32.1. The van der Waals surface area contributed by atoms with Crippen molar-refractivity contribution in [2.45, 2.75) is 52.8 Å². The van der Waals surface area contributed by atoms with Crippen LogP contribution in [0.25, 0.3) is 10.4 Å². The Balaban J connectivity index is 0.000000221. The van der Waals surface area contributed by atoms with Crippen LogP contribution in [0.2, 0.25) is 0 Å². The molecular weight excluding hydrogens is 414 g/mol. The minimum atomic E-state index is -0.400. The summed E-state index contributed by atoms with van der Waals surface area (Å²) in [6, 6.07) is 7.75. The van der Waals surface area contributed by atoms with Gasteiger partial charge in [0.15, 0.2) is 0 Å². The van der Waals surface area contributed by atoms with Gasteiger partial charge in [-0.2, -0.15) is 0 Å². The molecule has 2 heterocycles. The predicted molar refractivity (Wildman–Crippen MR) is 123 cm³/mol. The highest BCUT2D eigenvalue weighted by Gasteiger charge is 2.36. The zero-order valence-corrected chi connectivity index (χ0v) is 19.4. The first-order chi connectivity index (χ1) is 14.7. The smallest absolute Gasteiger partial charge is 0.241 e. The molecule has 0 radical (unpaired) electrons. The minimum absolute atomic E-state index is 0.0263. The lowest BCUT2D eigenvalue weighted by Crippen LogP contribution is -2.55. The van der Waals surface area contributed by atoms with E-state index < -0.39 is 6.04 Å². The first kappa shape index (κ1) is 24.9. The Morgan fingerprint density at radius 2 is 2.06 bits per heavy atom. The molecule has 2 atom stereocenters. The van der Waals surface area contributed by atoms with Gasteiger partial charge in [-0.3, -0.25) is 15.4 Å². The number of likely N-dealkylation sites (tertiary alicyclic amines) is 1. The van der Waals surface area contributed by atoms with E-state index in [1.54, 1.807) is 16.2 Å². The number of aromatic nitrogens is 1. The van der Waals surface area contributed by atoms with E-state index in [1.165, 1.54) is 10.4 Å². The van der Waals surface area contributed by atoms with E-state index in [2.05, 4.69) is 27.9 Å². The van der Waals surface area contributed by atoms with Crippen LogP contribution >= 0.6 is 11.3 Å². The molecule has 2 aromatic rings. The molecule has 31 heavy (non-hydrogen) atoms. The number of carbonyl (C=O) groups is 2. The molecule has 1 aromatic carbocycles. The van der Waals surface area contributed by atoms with E-state index >= 15 is 0 Å². The Morgan fingerprint density at radius 3 is 2.52 bits per heavy atom. The van der Waals surface area contributed by atoms with Crippen molar-refractivity contribution in [3.63, 3.8) is 0 Å². The van der Waals surface area contributed by atoms with Crippen LogP contribution in [0.15, 0.2) is 29.8 Å². The molecule has 1 aliphatic rings. The fraction of sp³-hybridized carbons (Fsp3) is 0.500. The molecule has 1 fully saturated rings. The number of nitrogens with two attached hydrogens (primary N) is 1.